The van der Waals surface area contributed by atoms with Crippen molar-refractivity contribution >= 4 is 22.5 Å². The van der Waals surface area contributed by atoms with E-state index in [2.05, 4.69) is 10.3 Å². The zero-order valence-corrected chi connectivity index (χ0v) is 12.4. The number of hydrogen-bond donors (Lipinski definition) is 2. The summed E-state index contributed by atoms with van der Waals surface area (Å²) >= 11 is 0. The van der Waals surface area contributed by atoms with Gasteiger partial charge in [-0.1, -0.05) is 6.07 Å². The molecule has 4 aromatic rings. The van der Waals surface area contributed by atoms with Crippen LogP contribution in [0.25, 0.3) is 16.6 Å². The average molecular weight is 301 g/mol. The molecule has 0 unspecified atom stereocenters. The Morgan fingerprint density at radius 1 is 0.957 bits per heavy atom. The van der Waals surface area contributed by atoms with Crippen LogP contribution in [-0.2, 0) is 0 Å². The first-order chi connectivity index (χ1) is 11.3. The Bertz CT molecular complexity index is 950. The van der Waals surface area contributed by atoms with Crippen LogP contribution in [0.4, 0.5) is 5.69 Å². The maximum atomic E-state index is 12.4. The molecule has 2 heterocycles. The molecule has 4 rings (SSSR count). The van der Waals surface area contributed by atoms with Crippen molar-refractivity contribution in [3.05, 3.63) is 84.8 Å². The molecule has 0 spiro atoms. The van der Waals surface area contributed by atoms with Crippen LogP contribution in [-0.4, -0.2) is 15.5 Å². The van der Waals surface area contributed by atoms with Gasteiger partial charge in [-0.05, 0) is 60.0 Å². The maximum absolute atomic E-state index is 12.4. The zero-order chi connectivity index (χ0) is 15.6. The second-order valence-corrected chi connectivity index (χ2v) is 5.37. The van der Waals surface area contributed by atoms with Gasteiger partial charge in [-0.3, -0.25) is 4.79 Å². The number of amides is 1. The van der Waals surface area contributed by atoms with E-state index in [9.17, 15) is 4.79 Å². The van der Waals surface area contributed by atoms with Crippen molar-refractivity contribution in [2.45, 2.75) is 0 Å². The van der Waals surface area contributed by atoms with Gasteiger partial charge in [0.25, 0.3) is 5.91 Å². The smallest absolute Gasteiger partial charge is 0.255 e. The summed E-state index contributed by atoms with van der Waals surface area (Å²) in [6, 6.07) is 19.3. The number of aromatic amines is 1. The summed E-state index contributed by atoms with van der Waals surface area (Å²) in [7, 11) is 0. The van der Waals surface area contributed by atoms with Crippen molar-refractivity contribution in [1.29, 1.82) is 0 Å². The van der Waals surface area contributed by atoms with E-state index in [0.717, 1.165) is 22.3 Å². The van der Waals surface area contributed by atoms with Gasteiger partial charge in [-0.2, -0.15) is 0 Å². The van der Waals surface area contributed by atoms with Gasteiger partial charge < -0.3 is 14.9 Å². The fourth-order valence-corrected chi connectivity index (χ4v) is 2.62. The van der Waals surface area contributed by atoms with E-state index in [0.29, 0.717) is 5.56 Å². The number of anilines is 1. The Labute approximate surface area is 133 Å². The zero-order valence-electron chi connectivity index (χ0n) is 12.4. The molecule has 4 nitrogen and oxygen atoms in total. The highest BCUT2D eigenvalue weighted by Crippen LogP contribution is 2.18. The third-order valence-corrected chi connectivity index (χ3v) is 3.84. The first kappa shape index (κ1) is 13.4. The molecule has 1 amide bonds. The molecule has 0 aliphatic heterocycles. The van der Waals surface area contributed by atoms with Crippen LogP contribution in [0.3, 0.4) is 0 Å². The molecule has 23 heavy (non-hydrogen) atoms. The van der Waals surface area contributed by atoms with Crippen LogP contribution in [0.15, 0.2) is 79.3 Å². The Kier molecular flexibility index (Phi) is 3.20. The number of aromatic nitrogens is 2. The Morgan fingerprint density at radius 2 is 1.74 bits per heavy atom. The van der Waals surface area contributed by atoms with Gasteiger partial charge in [0.15, 0.2) is 0 Å². The summed E-state index contributed by atoms with van der Waals surface area (Å²) in [5, 5.41) is 4.05. The van der Waals surface area contributed by atoms with Crippen LogP contribution in [0.1, 0.15) is 10.4 Å². The van der Waals surface area contributed by atoms with Crippen molar-refractivity contribution in [3.63, 3.8) is 0 Å². The molecule has 0 saturated heterocycles. The molecule has 2 aromatic heterocycles. The molecule has 0 atom stereocenters. The largest absolute Gasteiger partial charge is 0.361 e. The number of carbonyl (C=O) groups is 1. The van der Waals surface area contributed by atoms with Gasteiger partial charge in [0.05, 0.1) is 0 Å². The molecule has 0 aliphatic carbocycles. The van der Waals surface area contributed by atoms with Gasteiger partial charge in [-0.15, -0.1) is 0 Å². The number of nitrogens with zero attached hydrogens (tertiary/aromatic N) is 1. The van der Waals surface area contributed by atoms with Crippen molar-refractivity contribution < 1.29 is 4.79 Å². The average Bonchev–Trinajstić information content (AvgIpc) is 3.26. The summed E-state index contributed by atoms with van der Waals surface area (Å²) in [5.41, 5.74) is 3.44. The molecule has 0 radical (unpaired) electrons. The second-order valence-electron chi connectivity index (χ2n) is 5.37. The number of carbonyl (C=O) groups excluding carboxylic acids is 1. The molecule has 2 aromatic carbocycles. The van der Waals surface area contributed by atoms with Crippen LogP contribution < -0.4 is 5.32 Å². The van der Waals surface area contributed by atoms with Crippen LogP contribution in [0.2, 0.25) is 0 Å². The predicted octanol–water partition coefficient (Wildman–Crippen LogP) is 4.21. The monoisotopic (exact) mass is 301 g/mol. The number of fused-ring (bicyclic) bond motifs is 1. The van der Waals surface area contributed by atoms with Crippen molar-refractivity contribution in [2.24, 2.45) is 0 Å². The van der Waals surface area contributed by atoms with Crippen molar-refractivity contribution in [3.8, 4) is 5.69 Å². The van der Waals surface area contributed by atoms with E-state index in [1.165, 1.54) is 0 Å². The summed E-state index contributed by atoms with van der Waals surface area (Å²) in [6.07, 6.45) is 5.83. The Morgan fingerprint density at radius 3 is 2.52 bits per heavy atom. The summed E-state index contributed by atoms with van der Waals surface area (Å²) < 4.78 is 2.00. The molecule has 4 heteroatoms. The van der Waals surface area contributed by atoms with E-state index in [4.69, 9.17) is 0 Å². The minimum atomic E-state index is -0.116. The van der Waals surface area contributed by atoms with Crippen LogP contribution >= 0.6 is 0 Å². The van der Waals surface area contributed by atoms with E-state index in [1.54, 1.807) is 0 Å². The summed E-state index contributed by atoms with van der Waals surface area (Å²) in [5.74, 6) is -0.116. The van der Waals surface area contributed by atoms with Crippen molar-refractivity contribution in [2.75, 3.05) is 5.32 Å². The van der Waals surface area contributed by atoms with Gasteiger partial charge in [-0.25, -0.2) is 0 Å². The van der Waals surface area contributed by atoms with E-state index in [-0.39, 0.29) is 5.91 Å². The standard InChI is InChI=1S/C19H15N3O/c23-19(21-16-6-3-14-9-10-20-18(14)13-16)15-4-7-17(8-5-15)22-11-1-2-12-22/h1-13,20H,(H,21,23). The topological polar surface area (TPSA) is 49.8 Å². The minimum absolute atomic E-state index is 0.116. The molecule has 0 bridgehead atoms. The number of nitrogens with one attached hydrogen (secondary N) is 2. The van der Waals surface area contributed by atoms with Gasteiger partial charge >= 0.3 is 0 Å². The van der Waals surface area contributed by atoms with Gasteiger partial charge in [0.1, 0.15) is 0 Å². The highest BCUT2D eigenvalue weighted by Gasteiger charge is 2.07. The third kappa shape index (κ3) is 2.62. The molecular formula is C19H15N3O. The van der Waals surface area contributed by atoms with E-state index in [1.807, 2.05) is 83.8 Å². The number of benzene rings is 2. The minimum Gasteiger partial charge on any atom is -0.361 e. The molecule has 112 valence electrons. The number of H-pyrrole nitrogens is 1. The lowest BCUT2D eigenvalue weighted by molar-refractivity contribution is 0.102. The van der Waals surface area contributed by atoms with Crippen LogP contribution in [0, 0.1) is 0 Å². The highest BCUT2D eigenvalue weighted by atomic mass is 16.1. The summed E-state index contributed by atoms with van der Waals surface area (Å²) in [6.45, 7) is 0. The third-order valence-electron chi connectivity index (χ3n) is 3.84. The number of hydrogen-bond acceptors (Lipinski definition) is 1. The van der Waals surface area contributed by atoms with Gasteiger partial charge in [0.2, 0.25) is 0 Å². The fourth-order valence-electron chi connectivity index (χ4n) is 2.62. The second kappa shape index (κ2) is 5.50. The molecule has 0 aliphatic rings. The lowest BCUT2D eigenvalue weighted by atomic mass is 10.1. The van der Waals surface area contributed by atoms with E-state index < -0.39 is 0 Å². The molecular weight excluding hydrogens is 286 g/mol. The molecule has 2 N–H and O–H groups in total. The van der Waals surface area contributed by atoms with Crippen LogP contribution in [0.5, 0.6) is 0 Å². The summed E-state index contributed by atoms with van der Waals surface area (Å²) in [4.78, 5) is 15.5. The van der Waals surface area contributed by atoms with E-state index >= 15 is 0 Å². The fraction of sp³-hybridized carbons (Fsp3) is 0. The van der Waals surface area contributed by atoms with Crippen molar-refractivity contribution in [1.82, 2.24) is 9.55 Å². The van der Waals surface area contributed by atoms with Gasteiger partial charge in [0, 0.05) is 41.0 Å². The first-order valence-corrected chi connectivity index (χ1v) is 7.41. The SMILES string of the molecule is O=C(Nc1ccc2cc[nH]c2c1)c1ccc(-n2cccc2)cc1. The molecule has 0 saturated carbocycles. The normalized spacial score (nSPS) is 10.8. The lowest BCUT2D eigenvalue weighted by Crippen LogP contribution is -2.11. The molecule has 0 fully saturated rings. The Balaban J connectivity index is 1.54. The Hall–Kier alpha value is -3.27. The number of rotatable bonds is 3. The highest BCUT2D eigenvalue weighted by molar-refractivity contribution is 6.05. The predicted molar refractivity (Wildman–Crippen MR) is 92.0 cm³/mol. The maximum Gasteiger partial charge on any atom is 0.255 e. The quantitative estimate of drug-likeness (QED) is 0.585. The first-order valence-electron chi connectivity index (χ1n) is 7.41. The lowest BCUT2D eigenvalue weighted by Gasteiger charge is -2.07.